The van der Waals surface area contributed by atoms with Gasteiger partial charge < -0.3 is 10.8 Å². The van der Waals surface area contributed by atoms with Gasteiger partial charge in [-0.3, -0.25) is 4.98 Å². The predicted molar refractivity (Wildman–Crippen MR) is 101 cm³/mol. The number of pyridine rings is 1. The summed E-state index contributed by atoms with van der Waals surface area (Å²) in [6.07, 6.45) is 1.67. The third-order valence-electron chi connectivity index (χ3n) is 4.63. The average molecular weight is 341 g/mol. The Labute approximate surface area is 147 Å². The first-order valence-electron chi connectivity index (χ1n) is 8.01. The van der Waals surface area contributed by atoms with E-state index < -0.39 is 0 Å². The molecule has 24 heavy (non-hydrogen) atoms. The fraction of sp³-hybridized carbons (Fsp3) is 0.250. The molecule has 124 valence electrons. The summed E-state index contributed by atoms with van der Waals surface area (Å²) in [7, 11) is 0. The number of nitrogens with two attached hydrogens (primary N) is 1. The lowest BCUT2D eigenvalue weighted by Crippen LogP contribution is -2.08. The Balaban J connectivity index is 2.28. The van der Waals surface area contributed by atoms with Gasteiger partial charge in [-0.2, -0.15) is 0 Å². The number of nitrogens with zero attached hydrogens (tertiary/aromatic N) is 1. The molecule has 0 spiro atoms. The smallest absolute Gasteiger partial charge is 0.124 e. The maximum absolute atomic E-state index is 10.6. The molecule has 0 saturated heterocycles. The molecule has 0 fully saturated rings. The Morgan fingerprint density at radius 2 is 1.88 bits per heavy atom. The number of aryl methyl sites for hydroxylation is 2. The number of rotatable bonds is 3. The largest absolute Gasteiger partial charge is 0.507 e. The van der Waals surface area contributed by atoms with Gasteiger partial charge in [0.1, 0.15) is 5.75 Å². The minimum atomic E-state index is 0.242. The van der Waals surface area contributed by atoms with Crippen LogP contribution in [0.2, 0.25) is 5.02 Å². The highest BCUT2D eigenvalue weighted by Crippen LogP contribution is 2.40. The lowest BCUT2D eigenvalue weighted by molar-refractivity contribution is 0.477. The van der Waals surface area contributed by atoms with E-state index in [2.05, 4.69) is 24.0 Å². The lowest BCUT2D eigenvalue weighted by Gasteiger charge is -2.15. The van der Waals surface area contributed by atoms with Crippen molar-refractivity contribution in [2.24, 2.45) is 5.73 Å². The quantitative estimate of drug-likeness (QED) is 0.710. The number of fused-ring (bicyclic) bond motifs is 1. The zero-order valence-corrected chi connectivity index (χ0v) is 14.9. The molecule has 1 heterocycles. The number of halogens is 1. The van der Waals surface area contributed by atoms with Crippen LogP contribution in [0.5, 0.6) is 5.75 Å². The van der Waals surface area contributed by atoms with Crippen LogP contribution in [0.4, 0.5) is 0 Å². The van der Waals surface area contributed by atoms with Crippen LogP contribution in [0.1, 0.15) is 29.5 Å². The highest BCUT2D eigenvalue weighted by Gasteiger charge is 2.16. The van der Waals surface area contributed by atoms with Crippen molar-refractivity contribution in [3.63, 3.8) is 0 Å². The van der Waals surface area contributed by atoms with E-state index in [0.29, 0.717) is 17.5 Å². The van der Waals surface area contributed by atoms with Crippen molar-refractivity contribution in [2.75, 3.05) is 6.54 Å². The summed E-state index contributed by atoms with van der Waals surface area (Å²) >= 11 is 6.28. The second kappa shape index (κ2) is 6.42. The van der Waals surface area contributed by atoms with Crippen LogP contribution in [0.25, 0.3) is 22.0 Å². The summed E-state index contributed by atoms with van der Waals surface area (Å²) in [5.41, 5.74) is 11.4. The van der Waals surface area contributed by atoms with Crippen LogP contribution in [0.3, 0.4) is 0 Å². The van der Waals surface area contributed by atoms with Gasteiger partial charge in [0, 0.05) is 17.1 Å². The van der Waals surface area contributed by atoms with Crippen molar-refractivity contribution in [3.05, 3.63) is 58.2 Å². The molecule has 0 radical (unpaired) electrons. The SMILES string of the molecule is Cc1cc(O)c(-c2ccc([C@@H](C)CN)cc2)c2c(C)c(Cl)cnc12. The minimum Gasteiger partial charge on any atom is -0.507 e. The third kappa shape index (κ3) is 2.74. The summed E-state index contributed by atoms with van der Waals surface area (Å²) in [6, 6.07) is 9.92. The molecule has 1 atom stereocenters. The zero-order valence-electron chi connectivity index (χ0n) is 14.1. The second-order valence-electron chi connectivity index (χ2n) is 6.30. The molecule has 3 N–H and O–H groups in total. The van der Waals surface area contributed by atoms with E-state index in [4.69, 9.17) is 17.3 Å². The first kappa shape index (κ1) is 16.7. The predicted octanol–water partition coefficient (Wildman–Crippen LogP) is 4.94. The first-order chi connectivity index (χ1) is 11.4. The standard InChI is InChI=1S/C20H21ClN2O/c1-11-8-17(24)19(18-13(3)16(21)10-23-20(11)18)15-6-4-14(5-7-15)12(2)9-22/h4-8,10,12,24H,9,22H2,1-3H3/t12-/m0/s1. The van der Waals surface area contributed by atoms with E-state index in [1.165, 1.54) is 5.56 Å². The highest BCUT2D eigenvalue weighted by molar-refractivity contribution is 6.32. The first-order valence-corrected chi connectivity index (χ1v) is 8.39. The Hall–Kier alpha value is -2.10. The van der Waals surface area contributed by atoms with Gasteiger partial charge in [-0.1, -0.05) is 42.8 Å². The van der Waals surface area contributed by atoms with Crippen molar-refractivity contribution in [3.8, 4) is 16.9 Å². The van der Waals surface area contributed by atoms with E-state index in [1.807, 2.05) is 26.0 Å². The molecule has 4 heteroatoms. The van der Waals surface area contributed by atoms with Gasteiger partial charge in [-0.15, -0.1) is 0 Å². The van der Waals surface area contributed by atoms with Gasteiger partial charge in [0.2, 0.25) is 0 Å². The Morgan fingerprint density at radius 3 is 2.50 bits per heavy atom. The van der Waals surface area contributed by atoms with Crippen molar-refractivity contribution < 1.29 is 5.11 Å². The molecular formula is C20H21ClN2O. The Bertz CT molecular complexity index is 904. The molecule has 2 aromatic carbocycles. The number of benzene rings is 2. The maximum Gasteiger partial charge on any atom is 0.124 e. The maximum atomic E-state index is 10.6. The summed E-state index contributed by atoms with van der Waals surface area (Å²) < 4.78 is 0. The van der Waals surface area contributed by atoms with E-state index in [1.54, 1.807) is 12.3 Å². The summed E-state index contributed by atoms with van der Waals surface area (Å²) in [4.78, 5) is 4.47. The lowest BCUT2D eigenvalue weighted by atomic mass is 9.92. The monoisotopic (exact) mass is 340 g/mol. The van der Waals surface area contributed by atoms with E-state index in [9.17, 15) is 5.11 Å². The summed E-state index contributed by atoms with van der Waals surface area (Å²) in [5.74, 6) is 0.548. The molecule has 3 aromatic rings. The van der Waals surface area contributed by atoms with Gasteiger partial charge in [0.05, 0.1) is 10.5 Å². The van der Waals surface area contributed by atoms with Crippen LogP contribution >= 0.6 is 11.6 Å². The van der Waals surface area contributed by atoms with Crippen molar-refractivity contribution in [2.45, 2.75) is 26.7 Å². The van der Waals surface area contributed by atoms with Crippen LogP contribution in [-0.4, -0.2) is 16.6 Å². The molecule has 0 unspecified atom stereocenters. The van der Waals surface area contributed by atoms with Crippen LogP contribution in [-0.2, 0) is 0 Å². The molecule has 1 aromatic heterocycles. The molecule has 3 nitrogen and oxygen atoms in total. The van der Waals surface area contributed by atoms with Gasteiger partial charge in [-0.05, 0) is 54.6 Å². The zero-order chi connectivity index (χ0) is 17.4. The number of phenols is 1. The number of hydrogen-bond acceptors (Lipinski definition) is 3. The third-order valence-corrected chi connectivity index (χ3v) is 5.01. The number of phenolic OH excluding ortho intramolecular Hbond substituents is 1. The molecule has 0 aliphatic rings. The molecule has 0 saturated carbocycles. The molecule has 0 bridgehead atoms. The van der Waals surface area contributed by atoms with Crippen molar-refractivity contribution in [1.29, 1.82) is 0 Å². The van der Waals surface area contributed by atoms with Crippen LogP contribution < -0.4 is 5.73 Å². The summed E-state index contributed by atoms with van der Waals surface area (Å²) in [5, 5.41) is 12.1. The van der Waals surface area contributed by atoms with Crippen molar-refractivity contribution in [1.82, 2.24) is 4.98 Å². The number of aromatic nitrogens is 1. The molecule has 0 aliphatic heterocycles. The summed E-state index contributed by atoms with van der Waals surface area (Å²) in [6.45, 7) is 6.61. The number of hydrogen-bond donors (Lipinski definition) is 2. The van der Waals surface area contributed by atoms with Crippen molar-refractivity contribution >= 4 is 22.5 Å². The Morgan fingerprint density at radius 1 is 1.21 bits per heavy atom. The Kier molecular flexibility index (Phi) is 4.48. The molecule has 0 amide bonds. The van der Waals surface area contributed by atoms with Crippen LogP contribution in [0, 0.1) is 13.8 Å². The molecular weight excluding hydrogens is 320 g/mol. The highest BCUT2D eigenvalue weighted by atomic mass is 35.5. The number of aromatic hydroxyl groups is 1. The fourth-order valence-electron chi connectivity index (χ4n) is 3.06. The topological polar surface area (TPSA) is 59.1 Å². The molecule has 3 rings (SSSR count). The minimum absolute atomic E-state index is 0.242. The molecule has 0 aliphatic carbocycles. The average Bonchev–Trinajstić information content (AvgIpc) is 2.58. The van der Waals surface area contributed by atoms with Gasteiger partial charge >= 0.3 is 0 Å². The van der Waals surface area contributed by atoms with Gasteiger partial charge in [0.25, 0.3) is 0 Å². The van der Waals surface area contributed by atoms with E-state index in [-0.39, 0.29) is 5.75 Å². The second-order valence-corrected chi connectivity index (χ2v) is 6.71. The fourth-order valence-corrected chi connectivity index (χ4v) is 3.21. The van der Waals surface area contributed by atoms with Gasteiger partial charge in [-0.25, -0.2) is 0 Å². The van der Waals surface area contributed by atoms with Gasteiger partial charge in [0.15, 0.2) is 0 Å². The van der Waals surface area contributed by atoms with Crippen LogP contribution in [0.15, 0.2) is 36.5 Å². The van der Waals surface area contributed by atoms with E-state index in [0.717, 1.165) is 33.2 Å². The normalized spacial score (nSPS) is 12.5. The van der Waals surface area contributed by atoms with E-state index >= 15 is 0 Å².